The molecule has 2 N–H and O–H groups in total. The van der Waals surface area contributed by atoms with Gasteiger partial charge < -0.3 is 15.0 Å². The summed E-state index contributed by atoms with van der Waals surface area (Å²) in [5.74, 6) is 0.243. The van der Waals surface area contributed by atoms with Crippen molar-refractivity contribution in [1.82, 2.24) is 14.5 Å². The molecule has 4 rings (SSSR count). The maximum atomic E-state index is 12.9. The smallest absolute Gasteiger partial charge is 0.416 e. The van der Waals surface area contributed by atoms with E-state index in [0.29, 0.717) is 11.6 Å². The Hall–Kier alpha value is -3.88. The lowest BCUT2D eigenvalue weighted by Crippen LogP contribution is -2.13. The summed E-state index contributed by atoms with van der Waals surface area (Å²) in [5, 5.41) is 0.750. The van der Waals surface area contributed by atoms with Crippen LogP contribution < -0.4 is 10.5 Å². The summed E-state index contributed by atoms with van der Waals surface area (Å²) in [6.07, 6.45) is -1.12. The Morgan fingerprint density at radius 1 is 1.12 bits per heavy atom. The van der Waals surface area contributed by atoms with E-state index in [1.54, 1.807) is 12.1 Å². The Labute approximate surface area is 187 Å². The number of rotatable bonds is 6. The Morgan fingerprint density at radius 2 is 1.85 bits per heavy atom. The van der Waals surface area contributed by atoms with Crippen LogP contribution in [0.2, 0.25) is 0 Å². The average Bonchev–Trinajstić information content (AvgIpc) is 3.19. The van der Waals surface area contributed by atoms with Crippen molar-refractivity contribution in [1.29, 1.82) is 0 Å². The number of nitrogens with zero attached hydrogens (tertiary/aromatic N) is 3. The fraction of sp³-hybridized carbons (Fsp3) is 0.208. The summed E-state index contributed by atoms with van der Waals surface area (Å²) in [5.41, 5.74) is 7.64. The molecule has 9 heteroatoms. The number of benzene rings is 2. The molecule has 0 bridgehead atoms. The van der Waals surface area contributed by atoms with Crippen LogP contribution in [-0.4, -0.2) is 26.9 Å². The molecule has 170 valence electrons. The van der Waals surface area contributed by atoms with Gasteiger partial charge in [-0.15, -0.1) is 0 Å². The van der Waals surface area contributed by atoms with E-state index in [2.05, 4.69) is 9.97 Å². The van der Waals surface area contributed by atoms with Crippen LogP contribution in [-0.2, 0) is 6.18 Å². The second-order valence-corrected chi connectivity index (χ2v) is 7.82. The van der Waals surface area contributed by atoms with E-state index in [9.17, 15) is 18.0 Å². The number of carbonyl (C=O) groups excluding carboxylic acids is 1. The number of hydrogen-bond donors (Lipinski definition) is 1. The topological polar surface area (TPSA) is 83.0 Å². The van der Waals surface area contributed by atoms with Crippen molar-refractivity contribution in [2.24, 2.45) is 0 Å². The van der Waals surface area contributed by atoms with Gasteiger partial charge in [-0.1, -0.05) is 24.3 Å². The Kier molecular flexibility index (Phi) is 5.80. The van der Waals surface area contributed by atoms with Gasteiger partial charge in [0.2, 0.25) is 0 Å². The first-order valence-electron chi connectivity index (χ1n) is 10.2. The molecule has 4 aromatic rings. The number of nitrogen functional groups attached to an aromatic ring is 1. The molecule has 0 spiro atoms. The predicted molar refractivity (Wildman–Crippen MR) is 119 cm³/mol. The van der Waals surface area contributed by atoms with Crippen LogP contribution in [0.4, 0.5) is 19.0 Å². The lowest BCUT2D eigenvalue weighted by molar-refractivity contribution is -0.137. The van der Waals surface area contributed by atoms with Gasteiger partial charge in [0, 0.05) is 23.4 Å². The van der Waals surface area contributed by atoms with E-state index in [1.807, 2.05) is 36.7 Å². The van der Waals surface area contributed by atoms with Gasteiger partial charge in [0.25, 0.3) is 0 Å². The van der Waals surface area contributed by atoms with Crippen LogP contribution >= 0.6 is 0 Å². The van der Waals surface area contributed by atoms with Gasteiger partial charge in [-0.25, -0.2) is 9.97 Å². The van der Waals surface area contributed by atoms with Crippen molar-refractivity contribution in [3.63, 3.8) is 0 Å². The van der Waals surface area contributed by atoms with Gasteiger partial charge in [0.15, 0.2) is 12.4 Å². The molecule has 2 aromatic carbocycles. The van der Waals surface area contributed by atoms with E-state index in [0.717, 1.165) is 34.3 Å². The highest BCUT2D eigenvalue weighted by atomic mass is 19.4. The number of aromatic nitrogens is 3. The van der Waals surface area contributed by atoms with Crippen LogP contribution in [0, 0.1) is 0 Å². The number of halogens is 3. The first-order chi connectivity index (χ1) is 15.6. The third-order valence-corrected chi connectivity index (χ3v) is 5.24. The molecule has 0 amide bonds. The monoisotopic (exact) mass is 454 g/mol. The Morgan fingerprint density at radius 3 is 2.52 bits per heavy atom. The molecular weight excluding hydrogens is 433 g/mol. The average molecular weight is 454 g/mol. The third-order valence-electron chi connectivity index (χ3n) is 5.24. The summed E-state index contributed by atoms with van der Waals surface area (Å²) in [6, 6.07) is 11.5. The minimum Gasteiger partial charge on any atom is -0.485 e. The van der Waals surface area contributed by atoms with E-state index < -0.39 is 17.5 Å². The Bertz CT molecular complexity index is 1310. The normalized spacial score (nSPS) is 11.8. The van der Waals surface area contributed by atoms with Crippen LogP contribution in [0.1, 0.15) is 35.8 Å². The summed E-state index contributed by atoms with van der Waals surface area (Å²) in [4.78, 5) is 20.8. The minimum absolute atomic E-state index is 0.0570. The van der Waals surface area contributed by atoms with Crippen molar-refractivity contribution in [2.45, 2.75) is 26.1 Å². The van der Waals surface area contributed by atoms with Gasteiger partial charge in [0.1, 0.15) is 23.5 Å². The number of nitrogens with two attached hydrogens (primary N) is 1. The summed E-state index contributed by atoms with van der Waals surface area (Å²) in [7, 11) is 0. The Balaban J connectivity index is 1.53. The molecule has 0 radical (unpaired) electrons. The number of fused-ring (bicyclic) bond motifs is 1. The van der Waals surface area contributed by atoms with E-state index in [4.69, 9.17) is 10.5 Å². The van der Waals surface area contributed by atoms with E-state index in [1.165, 1.54) is 18.5 Å². The molecule has 0 atom stereocenters. The predicted octanol–water partition coefficient (Wildman–Crippen LogP) is 5.54. The molecule has 33 heavy (non-hydrogen) atoms. The van der Waals surface area contributed by atoms with Gasteiger partial charge in [0.05, 0.1) is 10.9 Å². The van der Waals surface area contributed by atoms with Gasteiger partial charge >= 0.3 is 6.18 Å². The third kappa shape index (κ3) is 4.52. The molecule has 2 heterocycles. The zero-order chi connectivity index (χ0) is 23.8. The van der Waals surface area contributed by atoms with Crippen molar-refractivity contribution in [2.75, 3.05) is 12.3 Å². The summed E-state index contributed by atoms with van der Waals surface area (Å²) in [6.45, 7) is 3.70. The number of Topliss-reactive ketones (excluding diaryl/α,β-unsaturated/α-hetero) is 1. The zero-order valence-electron chi connectivity index (χ0n) is 17.9. The number of alkyl halides is 3. The van der Waals surface area contributed by atoms with E-state index >= 15 is 0 Å². The quantitative estimate of drug-likeness (QED) is 0.387. The molecular formula is C24H21F3N4O2. The van der Waals surface area contributed by atoms with E-state index in [-0.39, 0.29) is 18.2 Å². The highest BCUT2D eigenvalue weighted by molar-refractivity contribution is 6.00. The van der Waals surface area contributed by atoms with Crippen molar-refractivity contribution >= 4 is 22.6 Å². The molecule has 2 aromatic heterocycles. The maximum absolute atomic E-state index is 12.9. The fourth-order valence-electron chi connectivity index (χ4n) is 3.55. The van der Waals surface area contributed by atoms with Crippen molar-refractivity contribution in [3.05, 3.63) is 72.2 Å². The second-order valence-electron chi connectivity index (χ2n) is 7.82. The first-order valence-corrected chi connectivity index (χ1v) is 10.2. The van der Waals surface area contributed by atoms with Crippen molar-refractivity contribution < 1.29 is 22.7 Å². The molecule has 0 saturated heterocycles. The summed E-state index contributed by atoms with van der Waals surface area (Å²) < 4.78 is 46.1. The van der Waals surface area contributed by atoms with Crippen LogP contribution in [0.3, 0.4) is 0 Å². The molecule has 0 aliphatic carbocycles. The van der Waals surface area contributed by atoms with Gasteiger partial charge in [-0.05, 0) is 43.7 Å². The standard InChI is InChI=1S/C24H21F3N4O2/c1-14(2)31-11-19(21-22(28)29-13-30-23(21)31)15-6-8-18(9-7-15)33-12-20(32)16-4-3-5-17(10-16)24(25,26)27/h3-11,13-14H,12H2,1-2H3,(H2,28,29,30). The number of anilines is 1. The summed E-state index contributed by atoms with van der Waals surface area (Å²) >= 11 is 0. The maximum Gasteiger partial charge on any atom is 0.416 e. The van der Waals surface area contributed by atoms with Crippen LogP contribution in [0.25, 0.3) is 22.2 Å². The lowest BCUT2D eigenvalue weighted by Gasteiger charge is -2.09. The molecule has 0 saturated carbocycles. The number of ketones is 1. The first kappa shape index (κ1) is 22.3. The van der Waals surface area contributed by atoms with Crippen molar-refractivity contribution in [3.8, 4) is 16.9 Å². The second kappa shape index (κ2) is 8.57. The lowest BCUT2D eigenvalue weighted by atomic mass is 10.1. The van der Waals surface area contributed by atoms with Gasteiger partial charge in [-0.3, -0.25) is 4.79 Å². The number of hydrogen-bond acceptors (Lipinski definition) is 5. The molecule has 0 unspecified atom stereocenters. The molecule has 0 aliphatic heterocycles. The zero-order valence-corrected chi connectivity index (χ0v) is 17.9. The van der Waals surface area contributed by atoms with Crippen LogP contribution in [0.5, 0.6) is 5.75 Å². The van der Waals surface area contributed by atoms with Crippen LogP contribution in [0.15, 0.2) is 61.1 Å². The molecule has 6 nitrogen and oxygen atoms in total. The molecule has 0 aliphatic rings. The molecule has 0 fully saturated rings. The fourth-order valence-corrected chi connectivity index (χ4v) is 3.55. The minimum atomic E-state index is -4.51. The SMILES string of the molecule is CC(C)n1cc(-c2ccc(OCC(=O)c3cccc(C(F)(F)F)c3)cc2)c2c(N)ncnc21. The number of carbonyl (C=O) groups is 1. The largest absolute Gasteiger partial charge is 0.485 e. The highest BCUT2D eigenvalue weighted by Crippen LogP contribution is 2.35. The van der Waals surface area contributed by atoms with Gasteiger partial charge in [-0.2, -0.15) is 13.2 Å². The number of ether oxygens (including phenoxy) is 1. The highest BCUT2D eigenvalue weighted by Gasteiger charge is 2.30.